The summed E-state index contributed by atoms with van der Waals surface area (Å²) in [6.45, 7) is 3.51. The van der Waals surface area contributed by atoms with Crippen LogP contribution in [0.2, 0.25) is 0 Å². The van der Waals surface area contributed by atoms with Crippen molar-refractivity contribution in [1.29, 1.82) is 0 Å². The average molecular weight is 334 g/mol. The Morgan fingerprint density at radius 1 is 1.21 bits per heavy atom. The summed E-state index contributed by atoms with van der Waals surface area (Å²) < 4.78 is 11.0. The zero-order valence-electron chi connectivity index (χ0n) is 14.5. The molecular weight excluding hydrogens is 308 g/mol. The molecule has 2 saturated carbocycles. The quantitative estimate of drug-likeness (QED) is 0.551. The Bertz CT molecular complexity index is 576. The molecule has 132 valence electrons. The highest BCUT2D eigenvalue weighted by atomic mass is 16.6. The van der Waals surface area contributed by atoms with Gasteiger partial charge in [0, 0.05) is 30.4 Å². The van der Waals surface area contributed by atoms with Crippen LogP contribution in [0.4, 0.5) is 0 Å². The number of hydrogen-bond acceptors (Lipinski definition) is 5. The van der Waals surface area contributed by atoms with Crippen molar-refractivity contribution in [2.45, 2.75) is 77.4 Å². The first kappa shape index (κ1) is 17.2. The van der Waals surface area contributed by atoms with E-state index < -0.39 is 12.2 Å². The fourth-order valence-corrected chi connectivity index (χ4v) is 4.51. The molecular formula is C19H26O5. The van der Waals surface area contributed by atoms with E-state index in [1.165, 1.54) is 6.92 Å². The SMILES string of the molecule is CCCCCCC1=C2C(=O)C[C@H]3CC[C@H](OC(C)=O)[C@@H](OC1=O)[C@@H]23. The zero-order valence-corrected chi connectivity index (χ0v) is 14.5. The van der Waals surface area contributed by atoms with Crippen LogP contribution in [-0.2, 0) is 23.9 Å². The van der Waals surface area contributed by atoms with Gasteiger partial charge < -0.3 is 9.47 Å². The van der Waals surface area contributed by atoms with Gasteiger partial charge in [-0.05, 0) is 31.6 Å². The summed E-state index contributed by atoms with van der Waals surface area (Å²) in [5.74, 6) is -0.497. The first-order chi connectivity index (χ1) is 11.5. The lowest BCUT2D eigenvalue weighted by atomic mass is 9.74. The van der Waals surface area contributed by atoms with Crippen LogP contribution >= 0.6 is 0 Å². The fourth-order valence-electron chi connectivity index (χ4n) is 4.51. The van der Waals surface area contributed by atoms with Gasteiger partial charge in [0.15, 0.2) is 5.78 Å². The second-order valence-electron chi connectivity index (χ2n) is 7.21. The van der Waals surface area contributed by atoms with E-state index in [-0.39, 0.29) is 29.6 Å². The Kier molecular flexibility index (Phi) is 5.07. The predicted molar refractivity (Wildman–Crippen MR) is 87.1 cm³/mol. The van der Waals surface area contributed by atoms with Gasteiger partial charge in [-0.25, -0.2) is 4.79 Å². The third-order valence-electron chi connectivity index (χ3n) is 5.54. The molecule has 0 amide bonds. The van der Waals surface area contributed by atoms with Gasteiger partial charge in [-0.15, -0.1) is 0 Å². The van der Waals surface area contributed by atoms with E-state index in [1.54, 1.807) is 0 Å². The monoisotopic (exact) mass is 334 g/mol. The van der Waals surface area contributed by atoms with Crippen molar-refractivity contribution in [3.8, 4) is 0 Å². The molecule has 0 bridgehead atoms. The molecule has 3 rings (SSSR count). The molecule has 0 aromatic rings. The molecule has 3 aliphatic rings. The topological polar surface area (TPSA) is 69.7 Å². The third-order valence-corrected chi connectivity index (χ3v) is 5.54. The first-order valence-electron chi connectivity index (χ1n) is 9.17. The Labute approximate surface area is 142 Å². The van der Waals surface area contributed by atoms with Gasteiger partial charge in [0.05, 0.1) is 0 Å². The van der Waals surface area contributed by atoms with Gasteiger partial charge in [-0.2, -0.15) is 0 Å². The van der Waals surface area contributed by atoms with Crippen molar-refractivity contribution >= 4 is 17.7 Å². The number of carbonyl (C=O) groups excluding carboxylic acids is 3. The molecule has 1 aliphatic heterocycles. The van der Waals surface area contributed by atoms with Crippen molar-refractivity contribution in [2.75, 3.05) is 0 Å². The molecule has 0 unspecified atom stereocenters. The number of rotatable bonds is 6. The Morgan fingerprint density at radius 3 is 2.71 bits per heavy atom. The van der Waals surface area contributed by atoms with Crippen LogP contribution in [0.5, 0.6) is 0 Å². The Morgan fingerprint density at radius 2 is 2.00 bits per heavy atom. The number of ether oxygens (including phenoxy) is 2. The van der Waals surface area contributed by atoms with Crippen molar-refractivity contribution in [1.82, 2.24) is 0 Å². The van der Waals surface area contributed by atoms with Gasteiger partial charge in [-0.3, -0.25) is 9.59 Å². The van der Waals surface area contributed by atoms with Crippen LogP contribution in [0.25, 0.3) is 0 Å². The molecule has 0 radical (unpaired) electrons. The second kappa shape index (κ2) is 7.08. The molecule has 5 heteroatoms. The summed E-state index contributed by atoms with van der Waals surface area (Å²) in [5.41, 5.74) is 1.28. The number of ketones is 1. The molecule has 0 aromatic heterocycles. The number of carbonyl (C=O) groups is 3. The standard InChI is InChI=1S/C19H26O5/c1-3-4-5-6-7-13-17-14(21)10-12-8-9-15(23-11(2)20)18(16(12)17)24-19(13)22/h12,15-16,18H,3-10H2,1-2H3/t12-,15+,16-,18-/m1/s1. The predicted octanol–water partition coefficient (Wildman–Crippen LogP) is 3.11. The minimum Gasteiger partial charge on any atom is -0.459 e. The Hall–Kier alpha value is -1.65. The molecule has 2 fully saturated rings. The average Bonchev–Trinajstić information content (AvgIpc) is 2.86. The summed E-state index contributed by atoms with van der Waals surface area (Å²) in [5, 5.41) is 0. The first-order valence-corrected chi connectivity index (χ1v) is 9.17. The highest BCUT2D eigenvalue weighted by molar-refractivity contribution is 6.07. The van der Waals surface area contributed by atoms with Gasteiger partial charge in [0.1, 0.15) is 12.2 Å². The fraction of sp³-hybridized carbons (Fsp3) is 0.737. The van der Waals surface area contributed by atoms with Crippen molar-refractivity contribution in [2.24, 2.45) is 11.8 Å². The summed E-state index contributed by atoms with van der Waals surface area (Å²) in [6, 6.07) is 0. The highest BCUT2D eigenvalue weighted by Crippen LogP contribution is 2.50. The lowest BCUT2D eigenvalue weighted by Crippen LogP contribution is -2.48. The summed E-state index contributed by atoms with van der Waals surface area (Å²) in [6.07, 6.45) is 5.94. The van der Waals surface area contributed by atoms with Crippen LogP contribution in [-0.4, -0.2) is 29.9 Å². The molecule has 24 heavy (non-hydrogen) atoms. The number of esters is 2. The van der Waals surface area contributed by atoms with E-state index in [0.29, 0.717) is 30.4 Å². The van der Waals surface area contributed by atoms with Crippen molar-refractivity contribution < 1.29 is 23.9 Å². The van der Waals surface area contributed by atoms with Crippen LogP contribution in [0.1, 0.15) is 65.2 Å². The van der Waals surface area contributed by atoms with Gasteiger partial charge in [0.25, 0.3) is 0 Å². The van der Waals surface area contributed by atoms with E-state index in [2.05, 4.69) is 6.92 Å². The normalized spacial score (nSPS) is 31.8. The van der Waals surface area contributed by atoms with Crippen LogP contribution < -0.4 is 0 Å². The van der Waals surface area contributed by atoms with Crippen molar-refractivity contribution in [3.05, 3.63) is 11.1 Å². The minimum absolute atomic E-state index is 0.0746. The molecule has 0 saturated heterocycles. The molecule has 0 aromatic carbocycles. The maximum absolute atomic E-state index is 12.6. The molecule has 0 N–H and O–H groups in total. The molecule has 4 atom stereocenters. The maximum Gasteiger partial charge on any atom is 0.334 e. The molecule has 1 heterocycles. The second-order valence-corrected chi connectivity index (χ2v) is 7.21. The summed E-state index contributed by atoms with van der Waals surface area (Å²) in [4.78, 5) is 36.4. The van der Waals surface area contributed by atoms with E-state index in [9.17, 15) is 14.4 Å². The number of unbranched alkanes of at least 4 members (excludes halogenated alkanes) is 3. The molecule has 2 aliphatic carbocycles. The van der Waals surface area contributed by atoms with Gasteiger partial charge in [0.2, 0.25) is 0 Å². The third kappa shape index (κ3) is 3.13. The Balaban J connectivity index is 1.84. The van der Waals surface area contributed by atoms with E-state index in [1.807, 2.05) is 0 Å². The van der Waals surface area contributed by atoms with Gasteiger partial charge in [-0.1, -0.05) is 26.2 Å². The maximum atomic E-state index is 12.6. The smallest absolute Gasteiger partial charge is 0.334 e. The number of Topliss-reactive ketones (excluding diaryl/α,β-unsaturated/α-hetero) is 1. The summed E-state index contributed by atoms with van der Waals surface area (Å²) >= 11 is 0. The van der Waals surface area contributed by atoms with E-state index in [0.717, 1.165) is 32.1 Å². The van der Waals surface area contributed by atoms with Crippen LogP contribution in [0.15, 0.2) is 11.1 Å². The highest BCUT2D eigenvalue weighted by Gasteiger charge is 2.54. The van der Waals surface area contributed by atoms with E-state index >= 15 is 0 Å². The van der Waals surface area contributed by atoms with Crippen LogP contribution in [0, 0.1) is 11.8 Å². The minimum atomic E-state index is -0.485. The lowest BCUT2D eigenvalue weighted by Gasteiger charge is -2.41. The van der Waals surface area contributed by atoms with Gasteiger partial charge >= 0.3 is 11.9 Å². The largest absolute Gasteiger partial charge is 0.459 e. The van der Waals surface area contributed by atoms with Crippen LogP contribution in [0.3, 0.4) is 0 Å². The summed E-state index contributed by atoms with van der Waals surface area (Å²) in [7, 11) is 0. The molecule has 5 nitrogen and oxygen atoms in total. The molecule has 0 spiro atoms. The zero-order chi connectivity index (χ0) is 17.3. The van der Waals surface area contributed by atoms with E-state index in [4.69, 9.17) is 9.47 Å². The van der Waals surface area contributed by atoms with Crippen molar-refractivity contribution in [3.63, 3.8) is 0 Å². The number of hydrogen-bond donors (Lipinski definition) is 0. The lowest BCUT2D eigenvalue weighted by molar-refractivity contribution is -0.176.